The van der Waals surface area contributed by atoms with E-state index >= 15 is 0 Å². The first-order chi connectivity index (χ1) is 8.28. The van der Waals surface area contributed by atoms with E-state index in [4.69, 9.17) is 4.42 Å². The summed E-state index contributed by atoms with van der Waals surface area (Å²) in [5.74, 6) is 3.81. The number of hydrogen-bond acceptors (Lipinski definition) is 2. The van der Waals surface area contributed by atoms with E-state index in [1.807, 2.05) is 6.07 Å². The lowest BCUT2D eigenvalue weighted by molar-refractivity contribution is 0.226. The second-order valence-electron chi connectivity index (χ2n) is 5.52. The van der Waals surface area contributed by atoms with Crippen LogP contribution in [0.2, 0.25) is 0 Å². The van der Waals surface area contributed by atoms with Crippen LogP contribution in [0, 0.1) is 17.8 Å². The Hall–Kier alpha value is -0.280. The van der Waals surface area contributed by atoms with E-state index < -0.39 is 0 Å². The summed E-state index contributed by atoms with van der Waals surface area (Å²) in [4.78, 5) is 0. The number of hydrogen-bond donors (Lipinski definition) is 1. The second-order valence-corrected chi connectivity index (χ2v) is 6.30. The minimum absolute atomic E-state index is 0.418. The zero-order valence-corrected chi connectivity index (χ0v) is 11.9. The van der Waals surface area contributed by atoms with Crippen molar-refractivity contribution < 1.29 is 4.42 Å². The summed E-state index contributed by atoms with van der Waals surface area (Å²) in [5, 5.41) is 3.62. The first kappa shape index (κ1) is 11.8. The lowest BCUT2D eigenvalue weighted by Crippen LogP contribution is -2.31. The Morgan fingerprint density at radius 1 is 1.41 bits per heavy atom. The first-order valence-electron chi connectivity index (χ1n) is 6.76. The topological polar surface area (TPSA) is 25.2 Å². The molecule has 1 aromatic heterocycles. The molecule has 1 aromatic rings. The SMILES string of the molecule is CCNC(c1ccc(Br)o1)C1CC2CCC1C2. The van der Waals surface area contributed by atoms with Gasteiger partial charge in [0.15, 0.2) is 4.67 Å². The van der Waals surface area contributed by atoms with Crippen molar-refractivity contribution in [2.45, 2.75) is 38.6 Å². The van der Waals surface area contributed by atoms with Gasteiger partial charge in [-0.15, -0.1) is 0 Å². The summed E-state index contributed by atoms with van der Waals surface area (Å²) >= 11 is 3.41. The fourth-order valence-electron chi connectivity index (χ4n) is 3.88. The molecule has 2 nitrogen and oxygen atoms in total. The average Bonchev–Trinajstić information content (AvgIpc) is 3.01. The number of rotatable bonds is 4. The predicted octanol–water partition coefficient (Wildman–Crippen LogP) is 4.13. The van der Waals surface area contributed by atoms with Gasteiger partial charge in [-0.1, -0.05) is 13.3 Å². The van der Waals surface area contributed by atoms with E-state index in [1.54, 1.807) is 0 Å². The predicted molar refractivity (Wildman–Crippen MR) is 71.8 cm³/mol. The van der Waals surface area contributed by atoms with Gasteiger partial charge in [0.1, 0.15) is 5.76 Å². The van der Waals surface area contributed by atoms with Crippen LogP contribution in [-0.4, -0.2) is 6.54 Å². The third-order valence-electron chi connectivity index (χ3n) is 4.55. The van der Waals surface area contributed by atoms with E-state index in [1.165, 1.54) is 25.7 Å². The molecule has 1 heterocycles. The summed E-state index contributed by atoms with van der Waals surface area (Å²) in [6.45, 7) is 3.19. The smallest absolute Gasteiger partial charge is 0.169 e. The maximum atomic E-state index is 5.77. The van der Waals surface area contributed by atoms with Crippen LogP contribution < -0.4 is 5.32 Å². The van der Waals surface area contributed by atoms with Crippen molar-refractivity contribution in [1.29, 1.82) is 0 Å². The second kappa shape index (κ2) is 4.77. The van der Waals surface area contributed by atoms with E-state index in [2.05, 4.69) is 34.2 Å². The number of nitrogens with one attached hydrogen (secondary N) is 1. The van der Waals surface area contributed by atoms with Gasteiger partial charge < -0.3 is 9.73 Å². The molecule has 2 aliphatic carbocycles. The molecule has 94 valence electrons. The van der Waals surface area contributed by atoms with Gasteiger partial charge in [-0.05, 0) is 71.6 Å². The summed E-state index contributed by atoms with van der Waals surface area (Å²) in [6, 6.07) is 4.54. The number of furan rings is 1. The average molecular weight is 298 g/mol. The van der Waals surface area contributed by atoms with E-state index in [0.29, 0.717) is 6.04 Å². The summed E-state index contributed by atoms with van der Waals surface area (Å²) < 4.78 is 6.62. The molecule has 0 spiro atoms. The van der Waals surface area contributed by atoms with Crippen LogP contribution in [0.5, 0.6) is 0 Å². The fourth-order valence-corrected chi connectivity index (χ4v) is 4.20. The molecule has 4 atom stereocenters. The van der Waals surface area contributed by atoms with Gasteiger partial charge in [0.25, 0.3) is 0 Å². The van der Waals surface area contributed by atoms with Crippen LogP contribution in [0.15, 0.2) is 21.2 Å². The molecule has 0 amide bonds. The molecule has 3 rings (SSSR count). The highest BCUT2D eigenvalue weighted by Crippen LogP contribution is 2.52. The van der Waals surface area contributed by atoms with Gasteiger partial charge in [0.05, 0.1) is 6.04 Å². The van der Waals surface area contributed by atoms with Crippen molar-refractivity contribution in [2.75, 3.05) is 6.54 Å². The maximum Gasteiger partial charge on any atom is 0.169 e. The third-order valence-corrected chi connectivity index (χ3v) is 4.97. The largest absolute Gasteiger partial charge is 0.453 e. The molecule has 0 radical (unpaired) electrons. The van der Waals surface area contributed by atoms with Gasteiger partial charge in [-0.3, -0.25) is 0 Å². The molecule has 0 aromatic carbocycles. The zero-order chi connectivity index (χ0) is 11.8. The van der Waals surface area contributed by atoms with Gasteiger partial charge in [0, 0.05) is 0 Å². The molecule has 17 heavy (non-hydrogen) atoms. The molecule has 3 heteroatoms. The summed E-state index contributed by atoms with van der Waals surface area (Å²) in [6.07, 6.45) is 5.73. The van der Waals surface area contributed by atoms with Gasteiger partial charge in [-0.2, -0.15) is 0 Å². The highest BCUT2D eigenvalue weighted by Gasteiger charge is 2.44. The minimum Gasteiger partial charge on any atom is -0.453 e. The molecule has 1 N–H and O–H groups in total. The van der Waals surface area contributed by atoms with Crippen molar-refractivity contribution in [1.82, 2.24) is 5.32 Å². The van der Waals surface area contributed by atoms with Crippen LogP contribution in [0.25, 0.3) is 0 Å². The first-order valence-corrected chi connectivity index (χ1v) is 7.56. The van der Waals surface area contributed by atoms with E-state index in [-0.39, 0.29) is 0 Å². The molecule has 2 saturated carbocycles. The highest BCUT2D eigenvalue weighted by atomic mass is 79.9. The molecule has 2 fully saturated rings. The Morgan fingerprint density at radius 3 is 2.82 bits per heavy atom. The maximum absolute atomic E-state index is 5.77. The Morgan fingerprint density at radius 2 is 2.29 bits per heavy atom. The van der Waals surface area contributed by atoms with Crippen molar-refractivity contribution in [3.63, 3.8) is 0 Å². The standard InChI is InChI=1S/C14H20BrNO/c1-2-16-14(12-5-6-13(15)17-12)11-8-9-3-4-10(11)7-9/h5-6,9-11,14,16H,2-4,7-8H2,1H3. The van der Waals surface area contributed by atoms with Gasteiger partial charge in [0.2, 0.25) is 0 Å². The van der Waals surface area contributed by atoms with Crippen LogP contribution in [0.4, 0.5) is 0 Å². The molecule has 0 aliphatic heterocycles. The van der Waals surface area contributed by atoms with Gasteiger partial charge in [-0.25, -0.2) is 0 Å². The monoisotopic (exact) mass is 297 g/mol. The third kappa shape index (κ3) is 2.19. The lowest BCUT2D eigenvalue weighted by Gasteiger charge is -2.29. The normalized spacial score (nSPS) is 33.2. The van der Waals surface area contributed by atoms with E-state index in [0.717, 1.165) is 34.7 Å². The molecule has 4 unspecified atom stereocenters. The van der Waals surface area contributed by atoms with Crippen molar-refractivity contribution in [3.8, 4) is 0 Å². The minimum atomic E-state index is 0.418. The summed E-state index contributed by atoms with van der Waals surface area (Å²) in [7, 11) is 0. The molecular weight excluding hydrogens is 278 g/mol. The Kier molecular flexibility index (Phi) is 3.31. The summed E-state index contributed by atoms with van der Waals surface area (Å²) in [5.41, 5.74) is 0. The quantitative estimate of drug-likeness (QED) is 0.904. The molecule has 2 bridgehead atoms. The highest BCUT2D eigenvalue weighted by molar-refractivity contribution is 9.10. The molecule has 2 aliphatic rings. The number of fused-ring (bicyclic) bond motifs is 2. The lowest BCUT2D eigenvalue weighted by atomic mass is 9.82. The molecular formula is C14H20BrNO. The van der Waals surface area contributed by atoms with Gasteiger partial charge >= 0.3 is 0 Å². The van der Waals surface area contributed by atoms with Crippen LogP contribution >= 0.6 is 15.9 Å². The van der Waals surface area contributed by atoms with Crippen LogP contribution in [0.1, 0.15) is 44.4 Å². The Labute approximate surface area is 111 Å². The van der Waals surface area contributed by atoms with Crippen molar-refractivity contribution >= 4 is 15.9 Å². The Bertz CT molecular complexity index is 389. The fraction of sp³-hybridized carbons (Fsp3) is 0.714. The van der Waals surface area contributed by atoms with Crippen LogP contribution in [0.3, 0.4) is 0 Å². The van der Waals surface area contributed by atoms with E-state index in [9.17, 15) is 0 Å². The number of halogens is 1. The zero-order valence-electron chi connectivity index (χ0n) is 10.3. The van der Waals surface area contributed by atoms with Crippen LogP contribution in [-0.2, 0) is 0 Å². The molecule has 0 saturated heterocycles. The van der Waals surface area contributed by atoms with Crippen molar-refractivity contribution in [2.24, 2.45) is 17.8 Å². The van der Waals surface area contributed by atoms with Crippen molar-refractivity contribution in [3.05, 3.63) is 22.6 Å². The Balaban J connectivity index is 1.80.